The molecule has 0 atom stereocenters. The van der Waals surface area contributed by atoms with Crippen molar-refractivity contribution in [1.82, 2.24) is 0 Å². The molecule has 1 aliphatic rings. The van der Waals surface area contributed by atoms with Crippen LogP contribution in [0.3, 0.4) is 0 Å². The Morgan fingerprint density at radius 2 is 2.00 bits per heavy atom. The van der Waals surface area contributed by atoms with E-state index in [-0.39, 0.29) is 19.3 Å². The van der Waals surface area contributed by atoms with E-state index >= 15 is 0 Å². The Kier molecular flexibility index (Phi) is 4.96. The summed E-state index contributed by atoms with van der Waals surface area (Å²) in [5.74, 6) is 1.11. The number of anilines is 1. The molecule has 3 rings (SSSR count). The van der Waals surface area contributed by atoms with E-state index in [0.717, 1.165) is 14.8 Å². The molecule has 1 amide bonds. The zero-order chi connectivity index (χ0) is 16.1. The highest BCUT2D eigenvalue weighted by atomic mass is 127. The highest BCUT2D eigenvalue weighted by molar-refractivity contribution is 14.1. The van der Waals surface area contributed by atoms with Crippen LogP contribution in [0, 0.1) is 3.57 Å². The van der Waals surface area contributed by atoms with Crippen molar-refractivity contribution in [3.8, 4) is 11.5 Å². The summed E-state index contributed by atoms with van der Waals surface area (Å²) in [5.41, 5.74) is 1.52. The third-order valence-electron chi connectivity index (χ3n) is 3.00. The second kappa shape index (κ2) is 7.32. The molecule has 23 heavy (non-hydrogen) atoms. The minimum absolute atomic E-state index is 0.160. The third kappa shape index (κ3) is 4.35. The van der Waals surface area contributed by atoms with Crippen LogP contribution in [0.2, 0.25) is 0 Å². The normalized spacial score (nSPS) is 12.4. The first kappa shape index (κ1) is 15.6. The highest BCUT2D eigenvalue weighted by Crippen LogP contribution is 2.31. The lowest BCUT2D eigenvalue weighted by Gasteiger charge is -2.04. The summed E-state index contributed by atoms with van der Waals surface area (Å²) in [6.45, 7) is 0.0676. The van der Waals surface area contributed by atoms with Crippen LogP contribution >= 0.6 is 22.6 Å². The average Bonchev–Trinajstić information content (AvgIpc) is 3.01. The van der Waals surface area contributed by atoms with Gasteiger partial charge in [0.05, 0.1) is 6.21 Å². The summed E-state index contributed by atoms with van der Waals surface area (Å²) >= 11 is 2.20. The fourth-order valence-corrected chi connectivity index (χ4v) is 2.28. The number of carbonyl (C=O) groups is 1. The standard InChI is InChI=1S/C16H13IN2O4/c17-12-2-4-13(5-3-12)19-16(20)9-23-18-8-11-1-6-14-15(7-11)22-10-21-14/h1-8H,9-10H2,(H,19,20)/b18-8-. The number of amides is 1. The molecule has 0 saturated carbocycles. The monoisotopic (exact) mass is 424 g/mol. The van der Waals surface area contributed by atoms with Crippen molar-refractivity contribution in [2.75, 3.05) is 18.7 Å². The molecule has 6 nitrogen and oxygen atoms in total. The van der Waals surface area contributed by atoms with Crippen LogP contribution in [0.5, 0.6) is 11.5 Å². The van der Waals surface area contributed by atoms with Crippen LogP contribution in [-0.2, 0) is 9.63 Å². The van der Waals surface area contributed by atoms with E-state index in [1.807, 2.05) is 30.3 Å². The van der Waals surface area contributed by atoms with Crippen molar-refractivity contribution in [2.45, 2.75) is 0 Å². The first-order valence-electron chi connectivity index (χ1n) is 6.81. The van der Waals surface area contributed by atoms with Gasteiger partial charge in [0.25, 0.3) is 5.91 Å². The highest BCUT2D eigenvalue weighted by Gasteiger charge is 2.12. The number of oxime groups is 1. The SMILES string of the molecule is O=C(CO/N=C\c1ccc2c(c1)OCO2)Nc1ccc(I)cc1. The molecule has 0 spiro atoms. The lowest BCUT2D eigenvalue weighted by Crippen LogP contribution is -2.16. The number of rotatable bonds is 5. The molecule has 1 heterocycles. The van der Waals surface area contributed by atoms with Gasteiger partial charge in [0, 0.05) is 14.8 Å². The molecule has 0 bridgehead atoms. The quantitative estimate of drug-likeness (QED) is 0.455. The average molecular weight is 424 g/mol. The number of nitrogens with one attached hydrogen (secondary N) is 1. The molecule has 118 valence electrons. The molecule has 1 aliphatic heterocycles. The Labute approximate surface area is 146 Å². The second-order valence-electron chi connectivity index (χ2n) is 4.68. The van der Waals surface area contributed by atoms with Crippen LogP contribution in [0.4, 0.5) is 5.69 Å². The van der Waals surface area contributed by atoms with E-state index in [2.05, 4.69) is 33.1 Å². The number of fused-ring (bicyclic) bond motifs is 1. The minimum atomic E-state index is -0.269. The number of nitrogens with zero attached hydrogens (tertiary/aromatic N) is 1. The van der Waals surface area contributed by atoms with E-state index < -0.39 is 0 Å². The second-order valence-corrected chi connectivity index (χ2v) is 5.92. The summed E-state index contributed by atoms with van der Waals surface area (Å²) in [4.78, 5) is 16.7. The largest absolute Gasteiger partial charge is 0.454 e. The van der Waals surface area contributed by atoms with Gasteiger partial charge in [0.15, 0.2) is 18.1 Å². The van der Waals surface area contributed by atoms with Gasteiger partial charge in [-0.05, 0) is 65.1 Å². The molecule has 0 aliphatic carbocycles. The van der Waals surface area contributed by atoms with E-state index in [0.29, 0.717) is 11.5 Å². The summed E-state index contributed by atoms with van der Waals surface area (Å²) in [5, 5.41) is 6.50. The van der Waals surface area contributed by atoms with E-state index in [9.17, 15) is 4.79 Å². The summed E-state index contributed by atoms with van der Waals surface area (Å²) in [6, 6.07) is 12.9. The predicted octanol–water partition coefficient (Wildman–Crippen LogP) is 3.01. The lowest BCUT2D eigenvalue weighted by molar-refractivity contribution is -0.120. The molecular formula is C16H13IN2O4. The van der Waals surface area contributed by atoms with Gasteiger partial charge in [-0.25, -0.2) is 0 Å². The minimum Gasteiger partial charge on any atom is -0.454 e. The number of halogens is 1. The zero-order valence-corrected chi connectivity index (χ0v) is 14.1. The van der Waals surface area contributed by atoms with Gasteiger partial charge < -0.3 is 19.6 Å². The van der Waals surface area contributed by atoms with E-state index in [1.54, 1.807) is 12.1 Å². The molecule has 0 radical (unpaired) electrons. The zero-order valence-electron chi connectivity index (χ0n) is 12.0. The smallest absolute Gasteiger partial charge is 0.265 e. The van der Waals surface area contributed by atoms with E-state index in [4.69, 9.17) is 14.3 Å². The lowest BCUT2D eigenvalue weighted by atomic mass is 10.2. The van der Waals surface area contributed by atoms with Gasteiger partial charge in [-0.1, -0.05) is 5.16 Å². The Balaban J connectivity index is 1.47. The number of benzene rings is 2. The van der Waals surface area contributed by atoms with Gasteiger partial charge >= 0.3 is 0 Å². The number of hydrogen-bond donors (Lipinski definition) is 1. The molecule has 0 unspecified atom stereocenters. The van der Waals surface area contributed by atoms with E-state index in [1.165, 1.54) is 6.21 Å². The third-order valence-corrected chi connectivity index (χ3v) is 3.72. The van der Waals surface area contributed by atoms with Crippen molar-refractivity contribution < 1.29 is 19.1 Å². The number of carbonyl (C=O) groups excluding carboxylic acids is 1. The van der Waals surface area contributed by atoms with Crippen molar-refractivity contribution in [3.63, 3.8) is 0 Å². The Morgan fingerprint density at radius 1 is 1.22 bits per heavy atom. The topological polar surface area (TPSA) is 69.2 Å². The van der Waals surface area contributed by atoms with Gasteiger partial charge in [0.1, 0.15) is 0 Å². The number of ether oxygens (including phenoxy) is 2. The predicted molar refractivity (Wildman–Crippen MR) is 93.9 cm³/mol. The Hall–Kier alpha value is -2.29. The molecule has 2 aromatic carbocycles. The maximum Gasteiger partial charge on any atom is 0.265 e. The van der Waals surface area contributed by atoms with Crippen molar-refractivity contribution >= 4 is 40.4 Å². The van der Waals surface area contributed by atoms with Crippen molar-refractivity contribution in [1.29, 1.82) is 0 Å². The number of hydrogen-bond acceptors (Lipinski definition) is 5. The molecule has 0 aromatic heterocycles. The molecule has 0 saturated heterocycles. The maximum atomic E-state index is 11.7. The van der Waals surface area contributed by atoms with Crippen LogP contribution in [0.1, 0.15) is 5.56 Å². The van der Waals surface area contributed by atoms with Gasteiger partial charge in [-0.15, -0.1) is 0 Å². The van der Waals surface area contributed by atoms with Crippen molar-refractivity contribution in [2.24, 2.45) is 5.16 Å². The fourth-order valence-electron chi connectivity index (χ4n) is 1.92. The summed E-state index contributed by atoms with van der Waals surface area (Å²) in [7, 11) is 0. The van der Waals surface area contributed by atoms with Crippen LogP contribution in [0.15, 0.2) is 47.6 Å². The molecular weight excluding hydrogens is 411 g/mol. The molecule has 0 fully saturated rings. The Morgan fingerprint density at radius 3 is 2.83 bits per heavy atom. The molecule has 7 heteroatoms. The van der Waals surface area contributed by atoms with Gasteiger partial charge in [-0.2, -0.15) is 0 Å². The molecule has 1 N–H and O–H groups in total. The van der Waals surface area contributed by atoms with Crippen LogP contribution in [0.25, 0.3) is 0 Å². The van der Waals surface area contributed by atoms with Crippen molar-refractivity contribution in [3.05, 3.63) is 51.6 Å². The Bertz CT molecular complexity index is 731. The fraction of sp³-hybridized carbons (Fsp3) is 0.125. The summed E-state index contributed by atoms with van der Waals surface area (Å²) < 4.78 is 11.6. The van der Waals surface area contributed by atoms with Crippen LogP contribution < -0.4 is 14.8 Å². The van der Waals surface area contributed by atoms with Gasteiger partial charge in [0.2, 0.25) is 6.79 Å². The van der Waals surface area contributed by atoms with Crippen LogP contribution in [-0.4, -0.2) is 25.5 Å². The first-order valence-corrected chi connectivity index (χ1v) is 7.89. The summed E-state index contributed by atoms with van der Waals surface area (Å²) in [6.07, 6.45) is 1.51. The first-order chi connectivity index (χ1) is 11.2. The molecule has 2 aromatic rings. The van der Waals surface area contributed by atoms with Gasteiger partial charge in [-0.3, -0.25) is 4.79 Å². The maximum absolute atomic E-state index is 11.7.